The van der Waals surface area contributed by atoms with Crippen molar-refractivity contribution in [2.45, 2.75) is 19.3 Å². The van der Waals surface area contributed by atoms with Crippen molar-refractivity contribution in [3.8, 4) is 0 Å². The SMILES string of the molecule is OCCCC/C=C/B(O)O. The number of aliphatic hydroxyl groups excluding tert-OH is 1. The van der Waals surface area contributed by atoms with Gasteiger partial charge in [-0.1, -0.05) is 12.1 Å². The maximum absolute atomic E-state index is 8.35. The van der Waals surface area contributed by atoms with Crippen molar-refractivity contribution < 1.29 is 15.2 Å². The molecule has 0 atom stereocenters. The van der Waals surface area contributed by atoms with Gasteiger partial charge in [0.25, 0.3) is 0 Å². The normalized spacial score (nSPS) is 10.7. The quantitative estimate of drug-likeness (QED) is 0.367. The molecular weight excluding hydrogens is 131 g/mol. The summed E-state index contributed by atoms with van der Waals surface area (Å²) < 4.78 is 0. The van der Waals surface area contributed by atoms with E-state index in [1.165, 1.54) is 5.98 Å². The number of hydrogen-bond donors (Lipinski definition) is 3. The first-order valence-electron chi connectivity index (χ1n) is 3.41. The molecule has 58 valence electrons. The number of allylic oxidation sites excluding steroid dienone is 1. The average Bonchev–Trinajstić information content (AvgIpc) is 1.87. The highest BCUT2D eigenvalue weighted by Gasteiger charge is 1.95. The van der Waals surface area contributed by atoms with Crippen LogP contribution in [0.15, 0.2) is 12.1 Å². The highest BCUT2D eigenvalue weighted by molar-refractivity contribution is 6.47. The summed E-state index contributed by atoms with van der Waals surface area (Å²) in [6.45, 7) is 0.204. The van der Waals surface area contributed by atoms with Gasteiger partial charge >= 0.3 is 7.12 Å². The van der Waals surface area contributed by atoms with Crippen molar-refractivity contribution in [2.24, 2.45) is 0 Å². The topological polar surface area (TPSA) is 60.7 Å². The molecule has 0 heterocycles. The smallest absolute Gasteiger partial charge is 0.424 e. The van der Waals surface area contributed by atoms with Gasteiger partial charge in [0.15, 0.2) is 0 Å². The zero-order chi connectivity index (χ0) is 7.82. The van der Waals surface area contributed by atoms with Gasteiger partial charge < -0.3 is 15.2 Å². The number of hydrogen-bond acceptors (Lipinski definition) is 3. The monoisotopic (exact) mass is 144 g/mol. The summed E-state index contributed by atoms with van der Waals surface area (Å²) in [7, 11) is -1.34. The van der Waals surface area contributed by atoms with E-state index in [4.69, 9.17) is 15.2 Å². The van der Waals surface area contributed by atoms with Crippen molar-refractivity contribution in [1.82, 2.24) is 0 Å². The fourth-order valence-electron chi connectivity index (χ4n) is 0.592. The molecule has 0 aromatic heterocycles. The van der Waals surface area contributed by atoms with Crippen molar-refractivity contribution in [2.75, 3.05) is 6.61 Å². The molecule has 4 heteroatoms. The molecule has 0 aromatic rings. The highest BCUT2D eigenvalue weighted by Crippen LogP contribution is 1.94. The molecule has 0 fully saturated rings. The second-order valence-corrected chi connectivity index (χ2v) is 2.06. The molecule has 0 aliphatic heterocycles. The Hall–Kier alpha value is -0.315. The summed E-state index contributed by atoms with van der Waals surface area (Å²) in [5, 5.41) is 25.0. The molecule has 0 saturated heterocycles. The lowest BCUT2D eigenvalue weighted by atomic mass is 9.91. The lowest BCUT2D eigenvalue weighted by Crippen LogP contribution is -2.05. The molecule has 0 saturated carbocycles. The number of unbranched alkanes of at least 4 members (excludes halogenated alkanes) is 2. The van der Waals surface area contributed by atoms with Gasteiger partial charge in [-0.25, -0.2) is 0 Å². The molecular formula is C6H13BO3. The molecule has 3 nitrogen and oxygen atoms in total. The zero-order valence-corrected chi connectivity index (χ0v) is 5.90. The van der Waals surface area contributed by atoms with Crippen LogP contribution in [0.3, 0.4) is 0 Å². The molecule has 0 aliphatic rings. The van der Waals surface area contributed by atoms with Crippen LogP contribution >= 0.6 is 0 Å². The summed E-state index contributed by atoms with van der Waals surface area (Å²) in [6.07, 6.45) is 4.14. The largest absolute Gasteiger partial charge is 0.480 e. The van der Waals surface area contributed by atoms with Crippen LogP contribution in [0.5, 0.6) is 0 Å². The molecule has 0 amide bonds. The van der Waals surface area contributed by atoms with E-state index in [9.17, 15) is 0 Å². The fourth-order valence-corrected chi connectivity index (χ4v) is 0.592. The van der Waals surface area contributed by atoms with Gasteiger partial charge in [0.05, 0.1) is 0 Å². The van der Waals surface area contributed by atoms with E-state index in [1.54, 1.807) is 6.08 Å². The van der Waals surface area contributed by atoms with Crippen LogP contribution in [0.25, 0.3) is 0 Å². The molecule has 0 aliphatic carbocycles. The van der Waals surface area contributed by atoms with Gasteiger partial charge in [-0.05, 0) is 19.3 Å². The Kier molecular flexibility index (Phi) is 6.59. The van der Waals surface area contributed by atoms with Crippen molar-refractivity contribution in [1.29, 1.82) is 0 Å². The molecule has 10 heavy (non-hydrogen) atoms. The minimum Gasteiger partial charge on any atom is -0.424 e. The Balaban J connectivity index is 3.02. The third-order valence-corrected chi connectivity index (χ3v) is 1.09. The summed E-state index contributed by atoms with van der Waals surface area (Å²) >= 11 is 0. The highest BCUT2D eigenvalue weighted by atomic mass is 16.4. The van der Waals surface area contributed by atoms with E-state index in [2.05, 4.69) is 0 Å². The van der Waals surface area contributed by atoms with E-state index >= 15 is 0 Å². The Morgan fingerprint density at radius 1 is 1.20 bits per heavy atom. The van der Waals surface area contributed by atoms with Crippen LogP contribution in [-0.2, 0) is 0 Å². The number of rotatable bonds is 5. The van der Waals surface area contributed by atoms with E-state index < -0.39 is 7.12 Å². The maximum Gasteiger partial charge on any atom is 0.480 e. The fraction of sp³-hybridized carbons (Fsp3) is 0.667. The first-order valence-corrected chi connectivity index (χ1v) is 3.41. The van der Waals surface area contributed by atoms with Crippen molar-refractivity contribution in [3.05, 3.63) is 12.1 Å². The molecule has 3 N–H and O–H groups in total. The van der Waals surface area contributed by atoms with Gasteiger partial charge in [0.1, 0.15) is 0 Å². The Morgan fingerprint density at radius 2 is 1.90 bits per heavy atom. The Labute approximate surface area is 61.1 Å². The molecule has 0 aromatic carbocycles. The first-order chi connectivity index (χ1) is 4.77. The van der Waals surface area contributed by atoms with Crippen LogP contribution < -0.4 is 0 Å². The first kappa shape index (κ1) is 9.68. The van der Waals surface area contributed by atoms with Crippen LogP contribution in [-0.4, -0.2) is 28.9 Å². The van der Waals surface area contributed by atoms with Crippen LogP contribution in [0.2, 0.25) is 0 Å². The average molecular weight is 144 g/mol. The standard InChI is InChI=1S/C6H13BO3/c8-6-4-2-1-3-5-7(9)10/h3,5,8-10H,1-2,4,6H2/b5-3+. The lowest BCUT2D eigenvalue weighted by Gasteiger charge is -1.90. The minimum absolute atomic E-state index is 0.204. The van der Waals surface area contributed by atoms with Crippen LogP contribution in [0, 0.1) is 0 Å². The van der Waals surface area contributed by atoms with E-state index in [0.717, 1.165) is 19.3 Å². The predicted molar refractivity (Wildman–Crippen MR) is 40.3 cm³/mol. The Morgan fingerprint density at radius 3 is 2.40 bits per heavy atom. The summed E-state index contributed by atoms with van der Waals surface area (Å²) in [4.78, 5) is 0. The third kappa shape index (κ3) is 7.68. The van der Waals surface area contributed by atoms with E-state index in [1.807, 2.05) is 0 Å². The van der Waals surface area contributed by atoms with Crippen molar-refractivity contribution in [3.63, 3.8) is 0 Å². The van der Waals surface area contributed by atoms with E-state index in [0.29, 0.717) is 0 Å². The lowest BCUT2D eigenvalue weighted by molar-refractivity contribution is 0.285. The van der Waals surface area contributed by atoms with Gasteiger partial charge in [-0.2, -0.15) is 0 Å². The second kappa shape index (κ2) is 6.80. The van der Waals surface area contributed by atoms with Gasteiger partial charge in [0, 0.05) is 6.61 Å². The summed E-state index contributed by atoms with van der Waals surface area (Å²) in [6, 6.07) is 0. The van der Waals surface area contributed by atoms with Gasteiger partial charge in [-0.3, -0.25) is 0 Å². The summed E-state index contributed by atoms with van der Waals surface area (Å²) in [5.41, 5.74) is 0. The minimum atomic E-state index is -1.34. The zero-order valence-electron chi connectivity index (χ0n) is 5.90. The second-order valence-electron chi connectivity index (χ2n) is 2.06. The van der Waals surface area contributed by atoms with Crippen LogP contribution in [0.1, 0.15) is 19.3 Å². The molecule has 0 spiro atoms. The number of aliphatic hydroxyl groups is 1. The van der Waals surface area contributed by atoms with Gasteiger partial charge in [0.2, 0.25) is 0 Å². The predicted octanol–water partition coefficient (Wildman–Crippen LogP) is -0.283. The van der Waals surface area contributed by atoms with Crippen molar-refractivity contribution >= 4 is 7.12 Å². The molecule has 0 rings (SSSR count). The third-order valence-electron chi connectivity index (χ3n) is 1.09. The Bertz CT molecular complexity index is 93.0. The van der Waals surface area contributed by atoms with Gasteiger partial charge in [-0.15, -0.1) is 0 Å². The van der Waals surface area contributed by atoms with E-state index in [-0.39, 0.29) is 6.61 Å². The molecule has 0 unspecified atom stereocenters. The summed E-state index contributed by atoms with van der Waals surface area (Å²) in [5.74, 6) is 1.32. The molecule has 0 bridgehead atoms. The molecule has 0 radical (unpaired) electrons. The van der Waals surface area contributed by atoms with Crippen LogP contribution in [0.4, 0.5) is 0 Å². The maximum atomic E-state index is 8.35.